The SMILES string of the molecule is CC(C)[C@H](N)C(=O)NCC(=O)NCC1(C(=O)O)CCC1. The summed E-state index contributed by atoms with van der Waals surface area (Å²) in [5.41, 5.74) is 4.81. The van der Waals surface area contributed by atoms with Gasteiger partial charge in [0.25, 0.3) is 0 Å². The molecule has 1 rings (SSSR count). The van der Waals surface area contributed by atoms with Crippen molar-refractivity contribution in [3.8, 4) is 0 Å². The Labute approximate surface area is 118 Å². The van der Waals surface area contributed by atoms with E-state index in [4.69, 9.17) is 10.8 Å². The molecule has 1 fully saturated rings. The summed E-state index contributed by atoms with van der Waals surface area (Å²) in [7, 11) is 0. The Balaban J connectivity index is 2.31. The molecule has 1 aliphatic rings. The zero-order valence-electron chi connectivity index (χ0n) is 11.9. The molecule has 0 bridgehead atoms. The fourth-order valence-electron chi connectivity index (χ4n) is 1.99. The van der Waals surface area contributed by atoms with Gasteiger partial charge < -0.3 is 21.5 Å². The van der Waals surface area contributed by atoms with Crippen molar-refractivity contribution < 1.29 is 19.5 Å². The highest BCUT2D eigenvalue weighted by Gasteiger charge is 2.44. The Hall–Kier alpha value is -1.63. The van der Waals surface area contributed by atoms with Crippen LogP contribution >= 0.6 is 0 Å². The molecule has 0 unspecified atom stereocenters. The number of nitrogens with two attached hydrogens (primary N) is 1. The first-order valence-corrected chi connectivity index (χ1v) is 6.82. The van der Waals surface area contributed by atoms with Gasteiger partial charge >= 0.3 is 5.97 Å². The van der Waals surface area contributed by atoms with Crippen molar-refractivity contribution in [3.63, 3.8) is 0 Å². The summed E-state index contributed by atoms with van der Waals surface area (Å²) in [5.74, 6) is -1.67. The molecule has 0 aromatic carbocycles. The first-order valence-electron chi connectivity index (χ1n) is 6.82. The minimum atomic E-state index is -0.880. The fraction of sp³-hybridized carbons (Fsp3) is 0.769. The van der Waals surface area contributed by atoms with E-state index in [-0.39, 0.29) is 24.9 Å². The van der Waals surface area contributed by atoms with E-state index >= 15 is 0 Å². The lowest BCUT2D eigenvalue weighted by Gasteiger charge is -2.37. The lowest BCUT2D eigenvalue weighted by atomic mass is 9.69. The van der Waals surface area contributed by atoms with Gasteiger partial charge in [0, 0.05) is 6.54 Å². The molecule has 1 atom stereocenters. The number of nitrogens with one attached hydrogen (secondary N) is 2. The van der Waals surface area contributed by atoms with Crippen LogP contribution in [0.5, 0.6) is 0 Å². The van der Waals surface area contributed by atoms with E-state index in [1.165, 1.54) is 0 Å². The number of carboxylic acids is 1. The van der Waals surface area contributed by atoms with Gasteiger partial charge in [-0.3, -0.25) is 14.4 Å². The number of aliphatic carboxylic acids is 1. The second-order valence-electron chi connectivity index (χ2n) is 5.70. The molecular weight excluding hydrogens is 262 g/mol. The van der Waals surface area contributed by atoms with Gasteiger partial charge in [-0.05, 0) is 18.8 Å². The fourth-order valence-corrected chi connectivity index (χ4v) is 1.99. The summed E-state index contributed by atoms with van der Waals surface area (Å²) in [5, 5.41) is 14.1. The van der Waals surface area contributed by atoms with Crippen LogP contribution in [0.4, 0.5) is 0 Å². The van der Waals surface area contributed by atoms with Crippen molar-refractivity contribution in [3.05, 3.63) is 0 Å². The lowest BCUT2D eigenvalue weighted by molar-refractivity contribution is -0.154. The van der Waals surface area contributed by atoms with Crippen molar-refractivity contribution in [2.24, 2.45) is 17.1 Å². The minimum Gasteiger partial charge on any atom is -0.481 e. The maximum Gasteiger partial charge on any atom is 0.311 e. The van der Waals surface area contributed by atoms with E-state index in [1.807, 2.05) is 13.8 Å². The minimum absolute atomic E-state index is 0.0108. The van der Waals surface area contributed by atoms with Crippen LogP contribution in [0.25, 0.3) is 0 Å². The number of carbonyl (C=O) groups is 3. The maximum atomic E-state index is 11.6. The second kappa shape index (κ2) is 6.69. The van der Waals surface area contributed by atoms with Gasteiger partial charge in [-0.2, -0.15) is 0 Å². The smallest absolute Gasteiger partial charge is 0.311 e. The highest BCUT2D eigenvalue weighted by atomic mass is 16.4. The number of rotatable bonds is 7. The van der Waals surface area contributed by atoms with Gasteiger partial charge in [0.1, 0.15) is 0 Å². The topological polar surface area (TPSA) is 122 Å². The summed E-state index contributed by atoms with van der Waals surface area (Å²) in [6.07, 6.45) is 2.02. The Morgan fingerprint density at radius 2 is 1.85 bits per heavy atom. The Bertz CT molecular complexity index is 391. The van der Waals surface area contributed by atoms with Gasteiger partial charge in [-0.25, -0.2) is 0 Å². The van der Waals surface area contributed by atoms with Crippen LogP contribution in [-0.2, 0) is 14.4 Å². The summed E-state index contributed by atoms with van der Waals surface area (Å²) in [4.78, 5) is 34.3. The highest BCUT2D eigenvalue weighted by molar-refractivity contribution is 5.87. The maximum absolute atomic E-state index is 11.6. The number of hydrogen-bond acceptors (Lipinski definition) is 4. The second-order valence-corrected chi connectivity index (χ2v) is 5.70. The number of carbonyl (C=O) groups excluding carboxylic acids is 2. The predicted molar refractivity (Wildman–Crippen MR) is 72.8 cm³/mol. The zero-order valence-corrected chi connectivity index (χ0v) is 11.9. The molecule has 0 aromatic rings. The molecule has 2 amide bonds. The molecule has 0 saturated heterocycles. The highest BCUT2D eigenvalue weighted by Crippen LogP contribution is 2.40. The molecule has 114 valence electrons. The molecule has 20 heavy (non-hydrogen) atoms. The average Bonchev–Trinajstić information content (AvgIpc) is 2.32. The summed E-state index contributed by atoms with van der Waals surface area (Å²) >= 11 is 0. The van der Waals surface area contributed by atoms with Crippen LogP contribution in [0.3, 0.4) is 0 Å². The lowest BCUT2D eigenvalue weighted by Crippen LogP contribution is -2.51. The standard InChI is InChI=1S/C13H23N3O4/c1-8(2)10(14)11(18)15-6-9(17)16-7-13(12(19)20)4-3-5-13/h8,10H,3-7,14H2,1-2H3,(H,15,18)(H,16,17)(H,19,20)/t10-/m0/s1. The molecule has 1 saturated carbocycles. The third-order valence-corrected chi connectivity index (χ3v) is 3.83. The first kappa shape index (κ1) is 16.4. The number of carboxylic acid groups (broad SMARTS) is 1. The van der Waals surface area contributed by atoms with E-state index in [0.29, 0.717) is 12.8 Å². The third-order valence-electron chi connectivity index (χ3n) is 3.83. The van der Waals surface area contributed by atoms with Crippen LogP contribution in [0.1, 0.15) is 33.1 Å². The summed E-state index contributed by atoms with van der Waals surface area (Å²) in [6, 6.07) is -0.653. The van der Waals surface area contributed by atoms with Crippen molar-refractivity contribution in [2.75, 3.05) is 13.1 Å². The van der Waals surface area contributed by atoms with E-state index in [9.17, 15) is 14.4 Å². The van der Waals surface area contributed by atoms with Gasteiger partial charge in [-0.1, -0.05) is 20.3 Å². The quantitative estimate of drug-likeness (QED) is 0.500. The van der Waals surface area contributed by atoms with Gasteiger partial charge in [0.15, 0.2) is 0 Å². The van der Waals surface area contributed by atoms with Crippen molar-refractivity contribution in [1.29, 1.82) is 0 Å². The average molecular weight is 285 g/mol. The molecule has 0 aliphatic heterocycles. The molecule has 5 N–H and O–H groups in total. The van der Waals surface area contributed by atoms with Gasteiger partial charge in [-0.15, -0.1) is 0 Å². The molecule has 7 heteroatoms. The van der Waals surface area contributed by atoms with Gasteiger partial charge in [0.2, 0.25) is 11.8 Å². The van der Waals surface area contributed by atoms with Crippen LogP contribution in [0.15, 0.2) is 0 Å². The predicted octanol–water partition coefficient (Wildman–Crippen LogP) is -0.543. The Kier molecular flexibility index (Phi) is 5.50. The van der Waals surface area contributed by atoms with Crippen LogP contribution in [0, 0.1) is 11.3 Å². The van der Waals surface area contributed by atoms with Crippen molar-refractivity contribution in [1.82, 2.24) is 10.6 Å². The van der Waals surface area contributed by atoms with E-state index in [2.05, 4.69) is 10.6 Å². The van der Waals surface area contributed by atoms with Crippen LogP contribution in [0.2, 0.25) is 0 Å². The molecule has 7 nitrogen and oxygen atoms in total. The van der Waals surface area contributed by atoms with Crippen LogP contribution in [-0.4, -0.2) is 42.0 Å². The molecule has 0 radical (unpaired) electrons. The molecule has 0 aromatic heterocycles. The van der Waals surface area contributed by atoms with E-state index in [0.717, 1.165) is 6.42 Å². The molecular formula is C13H23N3O4. The molecule has 0 heterocycles. The monoisotopic (exact) mass is 285 g/mol. The van der Waals surface area contributed by atoms with Crippen molar-refractivity contribution in [2.45, 2.75) is 39.2 Å². The summed E-state index contributed by atoms with van der Waals surface area (Å²) in [6.45, 7) is 3.55. The van der Waals surface area contributed by atoms with Crippen molar-refractivity contribution >= 4 is 17.8 Å². The number of amides is 2. The molecule has 0 spiro atoms. The van der Waals surface area contributed by atoms with E-state index < -0.39 is 23.3 Å². The largest absolute Gasteiger partial charge is 0.481 e. The summed E-state index contributed by atoms with van der Waals surface area (Å²) < 4.78 is 0. The van der Waals surface area contributed by atoms with Crippen LogP contribution < -0.4 is 16.4 Å². The Morgan fingerprint density at radius 3 is 2.25 bits per heavy atom. The Morgan fingerprint density at radius 1 is 1.25 bits per heavy atom. The van der Waals surface area contributed by atoms with Gasteiger partial charge in [0.05, 0.1) is 18.0 Å². The first-order chi connectivity index (χ1) is 9.28. The van der Waals surface area contributed by atoms with E-state index in [1.54, 1.807) is 0 Å². The zero-order chi connectivity index (χ0) is 15.3. The normalized spacial score (nSPS) is 18.0. The molecule has 1 aliphatic carbocycles. The third kappa shape index (κ3) is 3.93. The number of hydrogen-bond donors (Lipinski definition) is 4.